The van der Waals surface area contributed by atoms with Gasteiger partial charge < -0.3 is 18.9 Å². The molecule has 2 heterocycles. The van der Waals surface area contributed by atoms with Crippen LogP contribution in [0.25, 0.3) is 55.0 Å². The van der Waals surface area contributed by atoms with E-state index in [4.69, 9.17) is 8.83 Å². The molecule has 0 saturated heterocycles. The van der Waals surface area contributed by atoms with Gasteiger partial charge in [-0.2, -0.15) is 0 Å². The van der Waals surface area contributed by atoms with E-state index in [0.29, 0.717) is 16.6 Å². The molecule has 5 aromatic carbocycles. The molecule has 5 heteroatoms. The minimum Gasteiger partial charge on any atom is -0.456 e. The number of benzene rings is 5. The lowest BCUT2D eigenvalue weighted by molar-refractivity contribution is 0.426. The Kier molecular flexibility index (Phi) is 3.94. The maximum atomic E-state index is 9.70. The molecular weight excluding hydrogens is 447 g/mol. The maximum absolute atomic E-state index is 9.70. The molecule has 0 spiro atoms. The smallest absolute Gasteiger partial charge is 0.456 e. The summed E-state index contributed by atoms with van der Waals surface area (Å²) in [5.41, 5.74) is 9.83. The summed E-state index contributed by atoms with van der Waals surface area (Å²) in [6, 6.07) is 33.0. The lowest BCUT2D eigenvalue weighted by Gasteiger charge is -2.14. The minimum absolute atomic E-state index is 0.166. The molecule has 4 nitrogen and oxygen atoms in total. The summed E-state index contributed by atoms with van der Waals surface area (Å²) in [6.07, 6.45) is 0. The molecule has 2 aromatic heterocycles. The normalized spacial score (nSPS) is 13.2. The van der Waals surface area contributed by atoms with E-state index in [2.05, 4.69) is 66.7 Å². The van der Waals surface area contributed by atoms with Gasteiger partial charge in [0.25, 0.3) is 0 Å². The van der Waals surface area contributed by atoms with E-state index in [1.807, 2.05) is 12.1 Å². The molecule has 170 valence electrons. The lowest BCUT2D eigenvalue weighted by Crippen LogP contribution is -2.29. The first-order chi connectivity index (χ1) is 17.7. The average Bonchev–Trinajstić information content (AvgIpc) is 3.57. The molecule has 36 heavy (non-hydrogen) atoms. The van der Waals surface area contributed by atoms with Crippen molar-refractivity contribution in [3.63, 3.8) is 0 Å². The van der Waals surface area contributed by atoms with Crippen LogP contribution in [0.3, 0.4) is 0 Å². The molecule has 0 aliphatic heterocycles. The molecule has 2 N–H and O–H groups in total. The molecule has 0 bridgehead atoms. The quantitative estimate of drug-likeness (QED) is 0.293. The van der Waals surface area contributed by atoms with Gasteiger partial charge in [0.1, 0.15) is 22.3 Å². The monoisotopic (exact) mass is 466 g/mol. The number of hydrogen-bond donors (Lipinski definition) is 2. The topological polar surface area (TPSA) is 66.7 Å². The van der Waals surface area contributed by atoms with Crippen molar-refractivity contribution in [3.05, 3.63) is 114 Å². The Labute approximate surface area is 206 Å². The van der Waals surface area contributed by atoms with Crippen LogP contribution < -0.4 is 5.46 Å². The molecule has 0 saturated carbocycles. The Morgan fingerprint density at radius 3 is 2.00 bits per heavy atom. The highest BCUT2D eigenvalue weighted by atomic mass is 16.4. The van der Waals surface area contributed by atoms with Crippen molar-refractivity contribution in [2.75, 3.05) is 0 Å². The zero-order valence-electron chi connectivity index (χ0n) is 19.1. The number of rotatable bonds is 2. The number of furan rings is 2. The number of hydrogen-bond acceptors (Lipinski definition) is 4. The van der Waals surface area contributed by atoms with Crippen molar-refractivity contribution in [2.45, 2.75) is 5.92 Å². The molecule has 0 amide bonds. The van der Waals surface area contributed by atoms with Crippen LogP contribution in [0.2, 0.25) is 0 Å². The van der Waals surface area contributed by atoms with Gasteiger partial charge in [-0.15, -0.1) is 0 Å². The Morgan fingerprint density at radius 2 is 1.25 bits per heavy atom. The van der Waals surface area contributed by atoms with E-state index in [1.54, 1.807) is 18.2 Å². The van der Waals surface area contributed by atoms with E-state index in [9.17, 15) is 10.0 Å². The first kappa shape index (κ1) is 19.9. The summed E-state index contributed by atoms with van der Waals surface area (Å²) in [5.74, 6) is 0.166. The van der Waals surface area contributed by atoms with Gasteiger partial charge in [-0.1, -0.05) is 66.7 Å². The van der Waals surface area contributed by atoms with E-state index < -0.39 is 7.12 Å². The molecular formula is C31H19BO4. The third-order valence-electron chi connectivity index (χ3n) is 7.58. The van der Waals surface area contributed by atoms with E-state index in [-0.39, 0.29) is 5.92 Å². The highest BCUT2D eigenvalue weighted by Crippen LogP contribution is 2.49. The second-order valence-electron chi connectivity index (χ2n) is 9.51. The summed E-state index contributed by atoms with van der Waals surface area (Å²) >= 11 is 0. The highest BCUT2D eigenvalue weighted by Gasteiger charge is 2.30. The highest BCUT2D eigenvalue weighted by molar-refractivity contribution is 6.59. The zero-order valence-corrected chi connectivity index (χ0v) is 19.1. The Morgan fingerprint density at radius 1 is 0.583 bits per heavy atom. The van der Waals surface area contributed by atoms with Gasteiger partial charge in [0.05, 0.1) is 5.39 Å². The van der Waals surface area contributed by atoms with Gasteiger partial charge in [0.15, 0.2) is 0 Å². The average molecular weight is 466 g/mol. The Balaban J connectivity index is 1.39. The zero-order chi connectivity index (χ0) is 24.0. The van der Waals surface area contributed by atoms with E-state index in [0.717, 1.165) is 32.7 Å². The molecule has 8 rings (SSSR count). The van der Waals surface area contributed by atoms with Crippen LogP contribution in [-0.2, 0) is 0 Å². The largest absolute Gasteiger partial charge is 0.488 e. The SMILES string of the molecule is OB(O)c1ccc2oc3ccc4c5cc(C6c7ccccc7-c7ccccc76)ccc5oc4c3c2c1. The predicted molar refractivity (Wildman–Crippen MR) is 144 cm³/mol. The van der Waals surface area contributed by atoms with Gasteiger partial charge in [-0.3, -0.25) is 0 Å². The Bertz CT molecular complexity index is 1950. The van der Waals surface area contributed by atoms with Gasteiger partial charge in [0, 0.05) is 22.1 Å². The second kappa shape index (κ2) is 7.11. The summed E-state index contributed by atoms with van der Waals surface area (Å²) in [5, 5.41) is 23.1. The summed E-state index contributed by atoms with van der Waals surface area (Å²) in [4.78, 5) is 0. The van der Waals surface area contributed by atoms with Crippen molar-refractivity contribution >= 4 is 56.5 Å². The van der Waals surface area contributed by atoms with E-state index >= 15 is 0 Å². The number of fused-ring (bicyclic) bond motifs is 10. The second-order valence-corrected chi connectivity index (χ2v) is 9.51. The summed E-state index contributed by atoms with van der Waals surface area (Å²) in [6.45, 7) is 0. The maximum Gasteiger partial charge on any atom is 0.488 e. The fourth-order valence-corrected chi connectivity index (χ4v) is 5.99. The standard InChI is InChI=1S/C31H19BO4/c33-32(34)18-10-13-27-25(16-18)30-28(35-27)14-11-23-24-15-17(9-12-26(24)36-31(23)30)29-21-7-3-1-5-19(21)20-6-2-4-8-22(20)29/h1-16,29,33-34H. The summed E-state index contributed by atoms with van der Waals surface area (Å²) in [7, 11) is -1.55. The summed E-state index contributed by atoms with van der Waals surface area (Å²) < 4.78 is 12.5. The lowest BCUT2D eigenvalue weighted by atomic mass is 9.80. The van der Waals surface area contributed by atoms with Crippen LogP contribution in [0.15, 0.2) is 106 Å². The van der Waals surface area contributed by atoms with Crippen LogP contribution in [0.4, 0.5) is 0 Å². The van der Waals surface area contributed by atoms with Gasteiger partial charge in [0.2, 0.25) is 0 Å². The fraction of sp³-hybridized carbons (Fsp3) is 0.0323. The van der Waals surface area contributed by atoms with Crippen molar-refractivity contribution < 1.29 is 18.9 Å². The first-order valence-corrected chi connectivity index (χ1v) is 12.0. The molecule has 7 aromatic rings. The van der Waals surface area contributed by atoms with Gasteiger partial charge in [-0.25, -0.2) is 0 Å². The van der Waals surface area contributed by atoms with Gasteiger partial charge in [-0.05, 0) is 63.6 Å². The molecule has 1 aliphatic rings. The van der Waals surface area contributed by atoms with Crippen LogP contribution in [0.5, 0.6) is 0 Å². The molecule has 1 aliphatic carbocycles. The predicted octanol–water partition coefficient (Wildman–Crippen LogP) is 6.33. The van der Waals surface area contributed by atoms with Crippen LogP contribution in [0, 0.1) is 0 Å². The van der Waals surface area contributed by atoms with Gasteiger partial charge >= 0.3 is 7.12 Å². The van der Waals surface area contributed by atoms with Crippen molar-refractivity contribution in [1.29, 1.82) is 0 Å². The van der Waals surface area contributed by atoms with Crippen LogP contribution in [0.1, 0.15) is 22.6 Å². The van der Waals surface area contributed by atoms with E-state index in [1.165, 1.54) is 27.8 Å². The van der Waals surface area contributed by atoms with Crippen molar-refractivity contribution in [2.24, 2.45) is 0 Å². The first-order valence-electron chi connectivity index (χ1n) is 12.0. The van der Waals surface area contributed by atoms with Crippen LogP contribution in [-0.4, -0.2) is 17.2 Å². The van der Waals surface area contributed by atoms with Crippen molar-refractivity contribution in [3.8, 4) is 11.1 Å². The Hall–Kier alpha value is -4.32. The minimum atomic E-state index is -1.55. The molecule has 0 radical (unpaired) electrons. The van der Waals surface area contributed by atoms with Crippen molar-refractivity contribution in [1.82, 2.24) is 0 Å². The molecule has 0 unspecified atom stereocenters. The molecule has 0 atom stereocenters. The third kappa shape index (κ3) is 2.61. The third-order valence-corrected chi connectivity index (χ3v) is 7.58. The van der Waals surface area contributed by atoms with Crippen LogP contribution >= 0.6 is 0 Å². The fourth-order valence-electron chi connectivity index (χ4n) is 5.99. The molecule has 0 fully saturated rings.